The zero-order valence-corrected chi connectivity index (χ0v) is 17.9. The van der Waals surface area contributed by atoms with Crippen molar-refractivity contribution in [3.63, 3.8) is 0 Å². The lowest BCUT2D eigenvalue weighted by molar-refractivity contribution is 0.191. The number of rotatable bonds is 6. The van der Waals surface area contributed by atoms with Crippen LogP contribution in [0.1, 0.15) is 12.0 Å². The Hall–Kier alpha value is -3.46. The van der Waals surface area contributed by atoms with Crippen LogP contribution in [0.15, 0.2) is 77.7 Å². The number of hydrogen-bond acceptors (Lipinski definition) is 3. The van der Waals surface area contributed by atoms with Gasteiger partial charge in [-0.25, -0.2) is 22.0 Å². The fraction of sp³-hybridized carbons (Fsp3) is 0.174. The maximum absolute atomic E-state index is 14.0. The van der Waals surface area contributed by atoms with E-state index in [-0.39, 0.29) is 23.0 Å². The quantitative estimate of drug-likeness (QED) is 0.588. The third-order valence-electron chi connectivity index (χ3n) is 5.16. The lowest BCUT2D eigenvalue weighted by Gasteiger charge is -2.35. The van der Waals surface area contributed by atoms with E-state index >= 15 is 0 Å². The van der Waals surface area contributed by atoms with Gasteiger partial charge in [0.15, 0.2) is 0 Å². The molecular formula is C23H21F2N3O3S. The van der Waals surface area contributed by atoms with Crippen molar-refractivity contribution in [1.82, 2.24) is 4.90 Å². The van der Waals surface area contributed by atoms with Gasteiger partial charge in [0.1, 0.15) is 11.6 Å². The summed E-state index contributed by atoms with van der Waals surface area (Å²) >= 11 is 0. The zero-order chi connectivity index (χ0) is 22.7. The molecule has 0 spiro atoms. The maximum Gasteiger partial charge on any atom is 0.324 e. The van der Waals surface area contributed by atoms with Gasteiger partial charge in [-0.1, -0.05) is 18.2 Å². The monoisotopic (exact) mass is 457 g/mol. The molecule has 3 aromatic rings. The van der Waals surface area contributed by atoms with Gasteiger partial charge >= 0.3 is 6.03 Å². The highest BCUT2D eigenvalue weighted by molar-refractivity contribution is 7.92. The first kappa shape index (κ1) is 21.8. The van der Waals surface area contributed by atoms with Gasteiger partial charge in [-0.15, -0.1) is 0 Å². The molecule has 32 heavy (non-hydrogen) atoms. The topological polar surface area (TPSA) is 69.7 Å². The van der Waals surface area contributed by atoms with Gasteiger partial charge in [-0.2, -0.15) is 0 Å². The summed E-state index contributed by atoms with van der Waals surface area (Å²) in [6.07, 6.45) is 0.658. The summed E-state index contributed by atoms with van der Waals surface area (Å²) in [4.78, 5) is 16.1. The number of anilines is 2. The third-order valence-corrected chi connectivity index (χ3v) is 6.56. The Labute approximate surface area is 185 Å². The number of halogens is 2. The number of nitrogens with one attached hydrogen (secondary N) is 1. The van der Waals surface area contributed by atoms with Gasteiger partial charge in [0.2, 0.25) is 0 Å². The molecule has 1 fully saturated rings. The number of sulfonamides is 1. The van der Waals surface area contributed by atoms with Gasteiger partial charge in [0.05, 0.1) is 11.4 Å². The van der Waals surface area contributed by atoms with Crippen molar-refractivity contribution in [3.05, 3.63) is 90.0 Å². The first-order chi connectivity index (χ1) is 15.3. The standard InChI is InChI=1S/C23H21F2N3O3S/c24-18-7-12-22(25)17(15-18)16-27-13-4-14-28(23(27)29)20-10-8-19(9-11-20)26-32(30,31)21-5-2-1-3-6-21/h1-3,5-12,15,26H,4,13-14,16H2. The van der Waals surface area contributed by atoms with Crippen LogP contribution in [0.25, 0.3) is 0 Å². The average molecular weight is 458 g/mol. The molecule has 0 saturated carbocycles. The third kappa shape index (κ3) is 4.72. The van der Waals surface area contributed by atoms with Crippen LogP contribution in [0.3, 0.4) is 0 Å². The molecular weight excluding hydrogens is 436 g/mol. The predicted octanol–water partition coefficient (Wildman–Crippen LogP) is 4.60. The Morgan fingerprint density at radius 3 is 2.34 bits per heavy atom. The van der Waals surface area contributed by atoms with E-state index in [9.17, 15) is 22.0 Å². The van der Waals surface area contributed by atoms with Crippen LogP contribution >= 0.6 is 0 Å². The molecule has 1 N–H and O–H groups in total. The average Bonchev–Trinajstić information content (AvgIpc) is 2.79. The lowest BCUT2D eigenvalue weighted by atomic mass is 10.1. The minimum absolute atomic E-state index is 0.0338. The van der Waals surface area contributed by atoms with Crippen molar-refractivity contribution >= 4 is 27.4 Å². The Morgan fingerprint density at radius 1 is 0.906 bits per heavy atom. The van der Waals surface area contributed by atoms with Gasteiger partial charge in [-0.05, 0) is 61.0 Å². The Morgan fingerprint density at radius 2 is 1.62 bits per heavy atom. The van der Waals surface area contributed by atoms with Crippen LogP contribution in [0.4, 0.5) is 25.0 Å². The molecule has 0 aromatic heterocycles. The van der Waals surface area contributed by atoms with Crippen LogP contribution < -0.4 is 9.62 Å². The van der Waals surface area contributed by atoms with E-state index in [2.05, 4.69) is 4.72 Å². The molecule has 1 heterocycles. The molecule has 0 unspecified atom stereocenters. The lowest BCUT2D eigenvalue weighted by Crippen LogP contribution is -2.49. The predicted molar refractivity (Wildman–Crippen MR) is 118 cm³/mol. The van der Waals surface area contributed by atoms with Crippen molar-refractivity contribution in [2.45, 2.75) is 17.9 Å². The van der Waals surface area contributed by atoms with Crippen LogP contribution in [0, 0.1) is 11.6 Å². The van der Waals surface area contributed by atoms with E-state index in [4.69, 9.17) is 0 Å². The fourth-order valence-corrected chi connectivity index (χ4v) is 4.64. The smallest absolute Gasteiger partial charge is 0.320 e. The summed E-state index contributed by atoms with van der Waals surface area (Å²) in [6.45, 7) is 0.865. The van der Waals surface area contributed by atoms with E-state index in [1.807, 2.05) is 0 Å². The van der Waals surface area contributed by atoms with Crippen molar-refractivity contribution < 1.29 is 22.0 Å². The maximum atomic E-state index is 14.0. The van der Waals surface area contributed by atoms with Crippen LogP contribution in [-0.2, 0) is 16.6 Å². The summed E-state index contributed by atoms with van der Waals surface area (Å²) in [5, 5.41) is 0. The SMILES string of the molecule is O=C1N(Cc2cc(F)ccc2F)CCCN1c1ccc(NS(=O)(=O)c2ccccc2)cc1. The van der Waals surface area contributed by atoms with Crippen LogP contribution in [0.5, 0.6) is 0 Å². The largest absolute Gasteiger partial charge is 0.324 e. The molecule has 9 heteroatoms. The Balaban J connectivity index is 1.47. The molecule has 2 amide bonds. The molecule has 166 valence electrons. The summed E-state index contributed by atoms with van der Waals surface area (Å²) in [5.41, 5.74) is 1.06. The van der Waals surface area contributed by atoms with Crippen molar-refractivity contribution in [2.24, 2.45) is 0 Å². The van der Waals surface area contributed by atoms with E-state index in [0.29, 0.717) is 30.9 Å². The summed E-state index contributed by atoms with van der Waals surface area (Å²) in [5.74, 6) is -1.12. The Kier molecular flexibility index (Phi) is 6.09. The number of hydrogen-bond donors (Lipinski definition) is 1. The molecule has 0 aliphatic carbocycles. The number of carbonyl (C=O) groups is 1. The highest BCUT2D eigenvalue weighted by Gasteiger charge is 2.27. The first-order valence-corrected chi connectivity index (χ1v) is 11.5. The van der Waals surface area contributed by atoms with Crippen LogP contribution in [-0.4, -0.2) is 32.4 Å². The molecule has 4 rings (SSSR count). The molecule has 6 nitrogen and oxygen atoms in total. The summed E-state index contributed by atoms with van der Waals surface area (Å²) in [6, 6.07) is 17.3. The molecule has 1 aliphatic rings. The van der Waals surface area contributed by atoms with E-state index in [1.54, 1.807) is 42.5 Å². The second kappa shape index (κ2) is 8.96. The number of benzene rings is 3. The Bertz CT molecular complexity index is 1220. The first-order valence-electron chi connectivity index (χ1n) is 10.0. The molecule has 1 saturated heterocycles. The van der Waals surface area contributed by atoms with Gasteiger partial charge in [0.25, 0.3) is 10.0 Å². The van der Waals surface area contributed by atoms with E-state index < -0.39 is 21.7 Å². The van der Waals surface area contributed by atoms with E-state index in [0.717, 1.165) is 18.2 Å². The zero-order valence-electron chi connectivity index (χ0n) is 17.0. The highest BCUT2D eigenvalue weighted by Crippen LogP contribution is 2.25. The van der Waals surface area contributed by atoms with Crippen LogP contribution in [0.2, 0.25) is 0 Å². The molecule has 0 bridgehead atoms. The second-order valence-corrected chi connectivity index (χ2v) is 9.09. The summed E-state index contributed by atoms with van der Waals surface area (Å²) in [7, 11) is -3.72. The number of amides is 2. The molecule has 1 aliphatic heterocycles. The van der Waals surface area contributed by atoms with Crippen molar-refractivity contribution in [1.29, 1.82) is 0 Å². The molecule has 0 radical (unpaired) electrons. The number of carbonyl (C=O) groups excluding carboxylic acids is 1. The van der Waals surface area contributed by atoms with Gasteiger partial charge in [0, 0.05) is 30.0 Å². The minimum atomic E-state index is -3.72. The highest BCUT2D eigenvalue weighted by atomic mass is 32.2. The van der Waals surface area contributed by atoms with Gasteiger partial charge in [-0.3, -0.25) is 9.62 Å². The van der Waals surface area contributed by atoms with Gasteiger partial charge < -0.3 is 4.90 Å². The molecule has 3 aromatic carbocycles. The second-order valence-electron chi connectivity index (χ2n) is 7.41. The number of urea groups is 1. The number of nitrogens with zero attached hydrogens (tertiary/aromatic N) is 2. The van der Waals surface area contributed by atoms with Crippen molar-refractivity contribution in [2.75, 3.05) is 22.7 Å². The minimum Gasteiger partial charge on any atom is -0.320 e. The molecule has 0 atom stereocenters. The fourth-order valence-electron chi connectivity index (χ4n) is 3.56. The van der Waals surface area contributed by atoms with E-state index in [1.165, 1.54) is 21.9 Å². The van der Waals surface area contributed by atoms with Crippen molar-refractivity contribution in [3.8, 4) is 0 Å². The summed E-state index contributed by atoms with van der Waals surface area (Å²) < 4.78 is 54.9. The normalized spacial score (nSPS) is 14.5.